The Labute approximate surface area is 81.9 Å². The number of piperidine rings is 1. The Bertz CT molecular complexity index is 138. The largest absolute Gasteiger partial charge is 0.392 e. The van der Waals surface area contributed by atoms with Crippen LogP contribution in [-0.2, 0) is 0 Å². The minimum absolute atomic E-state index is 0.0698. The van der Waals surface area contributed by atoms with Gasteiger partial charge in [0, 0.05) is 12.6 Å². The molecule has 0 aromatic heterocycles. The Morgan fingerprint density at radius 1 is 1.31 bits per heavy atom. The zero-order valence-electron chi connectivity index (χ0n) is 9.00. The van der Waals surface area contributed by atoms with E-state index in [-0.39, 0.29) is 6.10 Å². The molecule has 0 spiro atoms. The van der Waals surface area contributed by atoms with Crippen LogP contribution in [0.15, 0.2) is 0 Å². The first-order chi connectivity index (χ1) is 6.27. The third-order valence-corrected chi connectivity index (χ3v) is 3.06. The van der Waals surface area contributed by atoms with E-state index in [4.69, 9.17) is 0 Å². The summed E-state index contributed by atoms with van der Waals surface area (Å²) >= 11 is 0. The molecule has 2 atom stereocenters. The van der Waals surface area contributed by atoms with E-state index in [0.29, 0.717) is 0 Å². The van der Waals surface area contributed by atoms with Gasteiger partial charge in [0.15, 0.2) is 0 Å². The van der Waals surface area contributed by atoms with Crippen LogP contribution >= 0.6 is 0 Å². The van der Waals surface area contributed by atoms with Gasteiger partial charge in [0.2, 0.25) is 0 Å². The van der Waals surface area contributed by atoms with Gasteiger partial charge in [-0.25, -0.2) is 0 Å². The van der Waals surface area contributed by atoms with Crippen LogP contribution in [0.1, 0.15) is 46.0 Å². The van der Waals surface area contributed by atoms with Crippen LogP contribution in [-0.4, -0.2) is 35.2 Å². The van der Waals surface area contributed by atoms with E-state index in [1.165, 1.54) is 32.2 Å². The molecule has 0 aliphatic carbocycles. The summed E-state index contributed by atoms with van der Waals surface area (Å²) in [6.45, 7) is 6.55. The van der Waals surface area contributed by atoms with Crippen molar-refractivity contribution in [1.82, 2.24) is 4.90 Å². The first-order valence-electron chi connectivity index (χ1n) is 5.70. The van der Waals surface area contributed by atoms with Gasteiger partial charge in [0.25, 0.3) is 0 Å². The molecule has 78 valence electrons. The molecule has 1 fully saturated rings. The quantitative estimate of drug-likeness (QED) is 0.724. The molecule has 13 heavy (non-hydrogen) atoms. The molecule has 1 aliphatic heterocycles. The van der Waals surface area contributed by atoms with Crippen molar-refractivity contribution in [1.29, 1.82) is 0 Å². The molecular weight excluding hydrogens is 162 g/mol. The van der Waals surface area contributed by atoms with Gasteiger partial charge in [-0.3, -0.25) is 4.90 Å². The molecule has 2 unspecified atom stereocenters. The van der Waals surface area contributed by atoms with Crippen LogP contribution in [0.3, 0.4) is 0 Å². The summed E-state index contributed by atoms with van der Waals surface area (Å²) in [5.74, 6) is 0. The van der Waals surface area contributed by atoms with Gasteiger partial charge in [-0.15, -0.1) is 0 Å². The lowest BCUT2D eigenvalue weighted by molar-refractivity contribution is 0.0332. The molecule has 1 aliphatic rings. The summed E-state index contributed by atoms with van der Waals surface area (Å²) < 4.78 is 0. The minimum Gasteiger partial charge on any atom is -0.392 e. The van der Waals surface area contributed by atoms with Gasteiger partial charge < -0.3 is 5.11 Å². The van der Waals surface area contributed by atoms with Crippen molar-refractivity contribution in [3.8, 4) is 0 Å². The van der Waals surface area contributed by atoms with Crippen LogP contribution in [0.5, 0.6) is 0 Å². The Hall–Kier alpha value is -0.0800. The maximum atomic E-state index is 9.55. The standard InChI is InChI=1S/C11H23NO/c1-3-5-8-12-9-11(13)7-6-10(12)4-2/h10-11,13H,3-9H2,1-2H3. The molecule has 0 aromatic carbocycles. The lowest BCUT2D eigenvalue weighted by atomic mass is 9.98. The van der Waals surface area contributed by atoms with Crippen molar-refractivity contribution in [2.75, 3.05) is 13.1 Å². The summed E-state index contributed by atoms with van der Waals surface area (Å²) in [6.07, 6.45) is 5.87. The highest BCUT2D eigenvalue weighted by Crippen LogP contribution is 2.20. The third-order valence-electron chi connectivity index (χ3n) is 3.06. The number of aliphatic hydroxyl groups excluding tert-OH is 1. The van der Waals surface area contributed by atoms with E-state index >= 15 is 0 Å². The maximum absolute atomic E-state index is 9.55. The first-order valence-corrected chi connectivity index (χ1v) is 5.70. The molecular formula is C11H23NO. The number of rotatable bonds is 4. The summed E-state index contributed by atoms with van der Waals surface area (Å²) in [7, 11) is 0. The highest BCUT2D eigenvalue weighted by molar-refractivity contribution is 4.80. The molecule has 0 saturated carbocycles. The van der Waals surface area contributed by atoms with Crippen molar-refractivity contribution < 1.29 is 5.11 Å². The summed E-state index contributed by atoms with van der Waals surface area (Å²) in [5.41, 5.74) is 0. The number of hydrogen-bond acceptors (Lipinski definition) is 2. The van der Waals surface area contributed by atoms with Crippen molar-refractivity contribution in [3.63, 3.8) is 0 Å². The number of nitrogens with zero attached hydrogens (tertiary/aromatic N) is 1. The molecule has 1 rings (SSSR count). The number of hydrogen-bond donors (Lipinski definition) is 1. The molecule has 2 nitrogen and oxygen atoms in total. The van der Waals surface area contributed by atoms with Gasteiger partial charge in [-0.1, -0.05) is 20.3 Å². The molecule has 0 aromatic rings. The van der Waals surface area contributed by atoms with E-state index in [1.54, 1.807) is 0 Å². The Balaban J connectivity index is 2.35. The van der Waals surface area contributed by atoms with Gasteiger partial charge in [-0.05, 0) is 32.2 Å². The average molecular weight is 185 g/mol. The second-order valence-corrected chi connectivity index (χ2v) is 4.14. The number of β-amino-alcohol motifs (C(OH)–C–C–N with tert-alkyl or cyclic N) is 1. The number of likely N-dealkylation sites (tertiary alicyclic amines) is 1. The molecule has 0 bridgehead atoms. The second kappa shape index (κ2) is 5.61. The van der Waals surface area contributed by atoms with E-state index in [0.717, 1.165) is 19.0 Å². The Morgan fingerprint density at radius 2 is 2.08 bits per heavy atom. The maximum Gasteiger partial charge on any atom is 0.0667 e. The van der Waals surface area contributed by atoms with E-state index in [9.17, 15) is 5.11 Å². The molecule has 0 radical (unpaired) electrons. The third kappa shape index (κ3) is 3.28. The highest BCUT2D eigenvalue weighted by atomic mass is 16.3. The van der Waals surface area contributed by atoms with Crippen LogP contribution < -0.4 is 0 Å². The van der Waals surface area contributed by atoms with Gasteiger partial charge in [0.05, 0.1) is 6.10 Å². The molecule has 1 saturated heterocycles. The summed E-state index contributed by atoms with van der Waals surface area (Å²) in [5, 5.41) is 9.55. The van der Waals surface area contributed by atoms with Crippen molar-refractivity contribution in [2.24, 2.45) is 0 Å². The summed E-state index contributed by atoms with van der Waals surface area (Å²) in [6, 6.07) is 0.731. The van der Waals surface area contributed by atoms with Gasteiger partial charge in [0.1, 0.15) is 0 Å². The Morgan fingerprint density at radius 3 is 2.69 bits per heavy atom. The van der Waals surface area contributed by atoms with Crippen molar-refractivity contribution in [3.05, 3.63) is 0 Å². The zero-order valence-corrected chi connectivity index (χ0v) is 9.00. The van der Waals surface area contributed by atoms with E-state index < -0.39 is 0 Å². The topological polar surface area (TPSA) is 23.5 Å². The van der Waals surface area contributed by atoms with Crippen molar-refractivity contribution >= 4 is 0 Å². The molecule has 1 heterocycles. The highest BCUT2D eigenvalue weighted by Gasteiger charge is 2.24. The van der Waals surface area contributed by atoms with Gasteiger partial charge >= 0.3 is 0 Å². The van der Waals surface area contributed by atoms with Crippen LogP contribution in [0.25, 0.3) is 0 Å². The van der Waals surface area contributed by atoms with Crippen LogP contribution in [0.2, 0.25) is 0 Å². The SMILES string of the molecule is CCCCN1CC(O)CCC1CC. The predicted octanol–water partition coefficient (Wildman–Crippen LogP) is 2.02. The van der Waals surface area contributed by atoms with Crippen LogP contribution in [0, 0.1) is 0 Å². The summed E-state index contributed by atoms with van der Waals surface area (Å²) in [4.78, 5) is 2.47. The zero-order chi connectivity index (χ0) is 9.68. The lowest BCUT2D eigenvalue weighted by Gasteiger charge is -2.37. The molecule has 0 amide bonds. The average Bonchev–Trinajstić information content (AvgIpc) is 2.15. The fraction of sp³-hybridized carbons (Fsp3) is 1.00. The smallest absolute Gasteiger partial charge is 0.0667 e. The minimum atomic E-state index is -0.0698. The first kappa shape index (κ1) is 11.0. The van der Waals surface area contributed by atoms with Crippen LogP contribution in [0.4, 0.5) is 0 Å². The monoisotopic (exact) mass is 185 g/mol. The lowest BCUT2D eigenvalue weighted by Crippen LogP contribution is -2.45. The normalized spacial score (nSPS) is 30.7. The fourth-order valence-corrected chi connectivity index (χ4v) is 2.18. The molecule has 1 N–H and O–H groups in total. The van der Waals surface area contributed by atoms with Gasteiger partial charge in [-0.2, -0.15) is 0 Å². The predicted molar refractivity (Wildman–Crippen MR) is 55.8 cm³/mol. The Kier molecular flexibility index (Phi) is 4.74. The molecule has 2 heteroatoms. The number of aliphatic hydroxyl groups is 1. The van der Waals surface area contributed by atoms with E-state index in [2.05, 4.69) is 18.7 Å². The van der Waals surface area contributed by atoms with E-state index in [1.807, 2.05) is 0 Å². The fourth-order valence-electron chi connectivity index (χ4n) is 2.18. The second-order valence-electron chi connectivity index (χ2n) is 4.14. The van der Waals surface area contributed by atoms with Crippen molar-refractivity contribution in [2.45, 2.75) is 58.1 Å². The number of unbranched alkanes of at least 4 members (excludes halogenated alkanes) is 1.